The minimum Gasteiger partial charge on any atom is -0.453 e. The lowest BCUT2D eigenvalue weighted by Gasteiger charge is -2.34. The number of methoxy groups -OCH3 is 2. The summed E-state index contributed by atoms with van der Waals surface area (Å²) in [5, 5.41) is 5.25. The van der Waals surface area contributed by atoms with Crippen LogP contribution in [0.1, 0.15) is 127 Å². The highest BCUT2D eigenvalue weighted by atomic mass is 19.1. The van der Waals surface area contributed by atoms with Crippen LogP contribution in [-0.4, -0.2) is 105 Å². The number of carbonyl (C=O) groups is 4. The summed E-state index contributed by atoms with van der Waals surface area (Å²) in [5.41, 5.74) is 7.24. The lowest BCUT2D eigenvalue weighted by Crippen LogP contribution is -2.51. The second-order valence-electron chi connectivity index (χ2n) is 20.0. The van der Waals surface area contributed by atoms with Crippen molar-refractivity contribution in [1.29, 1.82) is 0 Å². The van der Waals surface area contributed by atoms with Gasteiger partial charge < -0.3 is 44.8 Å². The van der Waals surface area contributed by atoms with Gasteiger partial charge in [-0.05, 0) is 83.2 Å². The molecule has 5 aromatic rings. The van der Waals surface area contributed by atoms with Crippen molar-refractivity contribution >= 4 is 51.8 Å². The van der Waals surface area contributed by atoms with E-state index < -0.39 is 60.5 Å². The fourth-order valence-electron chi connectivity index (χ4n) is 10.1. The van der Waals surface area contributed by atoms with Crippen molar-refractivity contribution in [2.24, 2.45) is 11.8 Å². The number of hydrogen-bond donors (Lipinski definition) is 4. The topological polar surface area (TPSA) is 178 Å². The van der Waals surface area contributed by atoms with Gasteiger partial charge in [-0.1, -0.05) is 72.7 Å². The van der Waals surface area contributed by atoms with Crippen LogP contribution in [0.2, 0.25) is 0 Å². The fourth-order valence-corrected chi connectivity index (χ4v) is 10.1. The molecule has 0 saturated carbocycles. The number of aromatic amines is 2. The highest BCUT2D eigenvalue weighted by Gasteiger charge is 2.44. The van der Waals surface area contributed by atoms with Crippen LogP contribution in [0.3, 0.4) is 0 Å². The van der Waals surface area contributed by atoms with E-state index in [0.717, 1.165) is 40.7 Å². The van der Waals surface area contributed by atoms with Crippen LogP contribution in [0.15, 0.2) is 60.7 Å². The maximum atomic E-state index is 15.2. The molecule has 67 heavy (non-hydrogen) atoms. The third-order valence-corrected chi connectivity index (χ3v) is 13.7. The van der Waals surface area contributed by atoms with Crippen molar-refractivity contribution in [3.8, 4) is 0 Å². The zero-order valence-corrected chi connectivity index (χ0v) is 39.7. The highest BCUT2D eigenvalue weighted by Crippen LogP contribution is 2.48. The third-order valence-electron chi connectivity index (χ3n) is 13.7. The smallest absolute Gasteiger partial charge is 0.407 e. The summed E-state index contributed by atoms with van der Waals surface area (Å²) in [6, 6.07) is 17.8. The number of aromatic nitrogens is 4. The first-order valence-electron chi connectivity index (χ1n) is 23.3. The predicted octanol–water partition coefficient (Wildman–Crippen LogP) is 8.80. The van der Waals surface area contributed by atoms with Crippen molar-refractivity contribution in [2.75, 3.05) is 32.2 Å². The predicted molar refractivity (Wildman–Crippen MR) is 251 cm³/mol. The van der Waals surface area contributed by atoms with E-state index in [9.17, 15) is 19.2 Å². The van der Waals surface area contributed by atoms with Crippen LogP contribution >= 0.6 is 0 Å². The third kappa shape index (κ3) is 9.51. The molecule has 5 heterocycles. The van der Waals surface area contributed by atoms with E-state index >= 15 is 8.78 Å². The molecule has 4 amide bonds. The number of likely N-dealkylation sites (tertiary alicyclic amines) is 2. The van der Waals surface area contributed by atoms with Crippen LogP contribution in [0.5, 0.6) is 0 Å². The Hall–Kier alpha value is -6.26. The second-order valence-corrected chi connectivity index (χ2v) is 20.0. The number of fused-ring (bicyclic) bond motifs is 2. The summed E-state index contributed by atoms with van der Waals surface area (Å²) >= 11 is 0. The number of carbonyl (C=O) groups excluding carboxylic acids is 4. The number of rotatable bonds is 11. The van der Waals surface area contributed by atoms with E-state index in [-0.39, 0.29) is 55.3 Å². The molecule has 0 radical (unpaired) electrons. The van der Waals surface area contributed by atoms with Crippen molar-refractivity contribution in [1.82, 2.24) is 40.4 Å². The van der Waals surface area contributed by atoms with E-state index in [0.29, 0.717) is 22.7 Å². The van der Waals surface area contributed by atoms with Gasteiger partial charge in [0.05, 0.1) is 73.5 Å². The van der Waals surface area contributed by atoms with Crippen LogP contribution < -0.4 is 15.5 Å². The van der Waals surface area contributed by atoms with Crippen molar-refractivity contribution < 1.29 is 37.4 Å². The molecule has 4 N–H and O–H groups in total. The minimum absolute atomic E-state index is 0.0434. The Morgan fingerprint density at radius 3 is 1.45 bits per heavy atom. The number of amides is 4. The largest absolute Gasteiger partial charge is 0.453 e. The summed E-state index contributed by atoms with van der Waals surface area (Å²) in [4.78, 5) is 74.1. The van der Waals surface area contributed by atoms with Gasteiger partial charge in [0.2, 0.25) is 11.8 Å². The molecule has 358 valence electrons. The molecular weight excluding hydrogens is 861 g/mol. The maximum absolute atomic E-state index is 15.2. The quantitative estimate of drug-likeness (QED) is 0.101. The van der Waals surface area contributed by atoms with Crippen molar-refractivity contribution in [3.63, 3.8) is 0 Å². The summed E-state index contributed by atoms with van der Waals surface area (Å²) in [6.45, 7) is 13.6. The number of halogens is 2. The molecule has 3 aliphatic heterocycles. The molecule has 8 atom stereocenters. The molecule has 3 aliphatic rings. The van der Waals surface area contributed by atoms with Crippen LogP contribution in [0.4, 0.5) is 24.1 Å². The number of alkyl carbamates (subject to hydrolysis) is 2. The first kappa shape index (κ1) is 47.2. The molecule has 2 aromatic heterocycles. The van der Waals surface area contributed by atoms with Gasteiger partial charge in [0, 0.05) is 18.5 Å². The Bertz CT molecular complexity index is 2480. The SMILES string of the molecule is COC(=O)NC(C(=O)N1C[C@@H](F)C[C@H]1c1nc2cc([C@H]3CC[C@H](c4ccc5[nH]c([C@@H]6C[C@H](F)CN6C(=O)[C@@H](NC(=O)OC)C(C)C)nc5c4)N3c3ccc(C(C)(C)C)cc3)ccc2[nH]1)C(C)C. The van der Waals surface area contributed by atoms with Crippen LogP contribution in [0, 0.1) is 11.8 Å². The van der Waals surface area contributed by atoms with E-state index in [2.05, 4.69) is 94.8 Å². The molecule has 0 spiro atoms. The zero-order valence-electron chi connectivity index (χ0n) is 39.7. The monoisotopic (exact) mass is 923 g/mol. The average Bonchev–Trinajstić information content (AvgIpc) is 4.15. The molecule has 8 rings (SSSR count). The van der Waals surface area contributed by atoms with Gasteiger partial charge in [-0.2, -0.15) is 0 Å². The molecule has 1 unspecified atom stereocenters. The Morgan fingerprint density at radius 2 is 1.07 bits per heavy atom. The number of alkyl halides is 2. The van der Waals surface area contributed by atoms with Gasteiger partial charge in [-0.3, -0.25) is 9.59 Å². The van der Waals surface area contributed by atoms with Gasteiger partial charge in [-0.15, -0.1) is 0 Å². The zero-order chi connectivity index (χ0) is 48.1. The van der Waals surface area contributed by atoms with Gasteiger partial charge in [0.1, 0.15) is 36.1 Å². The number of ether oxygens (including phenoxy) is 2. The lowest BCUT2D eigenvalue weighted by atomic mass is 9.87. The molecule has 3 fully saturated rings. The Kier molecular flexibility index (Phi) is 13.2. The number of H-pyrrole nitrogens is 2. The number of imidazole rings is 2. The van der Waals surface area contributed by atoms with E-state index in [1.807, 2.05) is 39.8 Å². The van der Waals surface area contributed by atoms with Gasteiger partial charge >= 0.3 is 12.2 Å². The highest BCUT2D eigenvalue weighted by molar-refractivity contribution is 5.88. The fraction of sp³-hybridized carbons (Fsp3) is 0.520. The first-order chi connectivity index (χ1) is 31.8. The van der Waals surface area contributed by atoms with E-state index in [1.165, 1.54) is 29.6 Å². The van der Waals surface area contributed by atoms with Crippen molar-refractivity contribution in [3.05, 3.63) is 89.0 Å². The Labute approximate surface area is 389 Å². The summed E-state index contributed by atoms with van der Waals surface area (Å²) < 4.78 is 39.9. The van der Waals surface area contributed by atoms with Crippen LogP contribution in [0.25, 0.3) is 22.1 Å². The van der Waals surface area contributed by atoms with Crippen LogP contribution in [-0.2, 0) is 24.5 Å². The maximum Gasteiger partial charge on any atom is 0.407 e. The normalized spacial score (nSPS) is 23.1. The Balaban J connectivity index is 1.10. The molecule has 0 aliphatic carbocycles. The van der Waals surface area contributed by atoms with Gasteiger partial charge in [-0.25, -0.2) is 28.3 Å². The molecule has 0 bridgehead atoms. The summed E-state index contributed by atoms with van der Waals surface area (Å²) in [7, 11) is 2.47. The molecule has 15 nitrogen and oxygen atoms in total. The Morgan fingerprint density at radius 1 is 0.657 bits per heavy atom. The molecular formula is C50H63F2N9O6. The molecule has 3 saturated heterocycles. The first-order valence-corrected chi connectivity index (χ1v) is 23.3. The molecule has 3 aromatic carbocycles. The number of anilines is 1. The van der Waals surface area contributed by atoms with Crippen molar-refractivity contribution in [2.45, 2.75) is 128 Å². The minimum atomic E-state index is -1.26. The standard InChI is InChI=1S/C50H63F2N9O6/c1-26(2)42(57-48(64)66-8)46(62)59-24-31(51)22-40(59)44-53-34-16-10-28(20-36(34)55-44)38-18-19-39(61(38)33-14-12-30(13-15-33)50(5,6)7)29-11-17-35-37(21-29)56-45(54-35)41-23-32(52)25-60(41)47(63)43(27(3)4)58-49(65)67-9/h10-17,20-21,26-27,31-32,38-43H,18-19,22-25H2,1-9H3,(H,53,55)(H,54,56)(H,57,64)(H,58,65)/t31-,32-,38+,39+,40-,41-,42-,43?/m0/s1. The summed E-state index contributed by atoms with van der Waals surface area (Å²) in [6.07, 6.45) is -2.17. The number of nitrogens with zero attached hydrogens (tertiary/aromatic N) is 5. The number of hydrogen-bond acceptors (Lipinski definition) is 9. The van der Waals surface area contributed by atoms with E-state index in [1.54, 1.807) is 0 Å². The second kappa shape index (κ2) is 18.8. The number of benzene rings is 3. The van der Waals surface area contributed by atoms with Gasteiger partial charge in [0.15, 0.2) is 0 Å². The molecule has 17 heteroatoms. The van der Waals surface area contributed by atoms with E-state index in [4.69, 9.17) is 19.4 Å². The average molecular weight is 924 g/mol. The number of nitrogens with one attached hydrogen (secondary N) is 4. The lowest BCUT2D eigenvalue weighted by molar-refractivity contribution is -0.136. The van der Waals surface area contributed by atoms with Gasteiger partial charge in [0.25, 0.3) is 0 Å². The summed E-state index contributed by atoms with van der Waals surface area (Å²) in [5.74, 6) is -0.353.